The van der Waals surface area contributed by atoms with E-state index in [-0.39, 0.29) is 11.4 Å². The highest BCUT2D eigenvalue weighted by Gasteiger charge is 2.16. The topological polar surface area (TPSA) is 67.4 Å². The first kappa shape index (κ1) is 19.4. The van der Waals surface area contributed by atoms with Crippen molar-refractivity contribution in [1.82, 2.24) is 10.0 Å². The van der Waals surface area contributed by atoms with Gasteiger partial charge >= 0.3 is 0 Å². The van der Waals surface area contributed by atoms with E-state index in [0.717, 1.165) is 24.1 Å². The van der Waals surface area contributed by atoms with E-state index in [1.54, 1.807) is 18.2 Å². The summed E-state index contributed by atoms with van der Waals surface area (Å²) in [5.74, 6) is 0.716. The molecule has 0 aliphatic rings. The molecule has 2 aromatic rings. The molecule has 6 heteroatoms. The second-order valence-electron chi connectivity index (χ2n) is 5.69. The molecule has 0 radical (unpaired) electrons. The van der Waals surface area contributed by atoms with Crippen molar-refractivity contribution in [3.8, 4) is 5.75 Å². The highest BCUT2D eigenvalue weighted by Crippen LogP contribution is 2.23. The molecule has 2 aromatic carbocycles. The largest absolute Gasteiger partial charge is 0.494 e. The molecule has 0 fully saturated rings. The first-order chi connectivity index (χ1) is 12.1. The molecule has 0 bridgehead atoms. The van der Waals surface area contributed by atoms with E-state index in [1.807, 2.05) is 37.3 Å². The van der Waals surface area contributed by atoms with Crippen LogP contribution in [0.25, 0.3) is 0 Å². The molecule has 0 aliphatic carbocycles. The molecule has 136 valence electrons. The fourth-order valence-corrected chi connectivity index (χ4v) is 3.48. The summed E-state index contributed by atoms with van der Waals surface area (Å²) in [6.45, 7) is 6.25. The summed E-state index contributed by atoms with van der Waals surface area (Å²) in [6, 6.07) is 14.4. The average Bonchev–Trinajstić information content (AvgIpc) is 2.62. The third-order valence-electron chi connectivity index (χ3n) is 3.69. The van der Waals surface area contributed by atoms with Crippen LogP contribution in [0.1, 0.15) is 31.4 Å². The van der Waals surface area contributed by atoms with Gasteiger partial charge in [-0.05, 0) is 43.7 Å². The summed E-state index contributed by atoms with van der Waals surface area (Å²) in [4.78, 5) is 0.250. The molecule has 0 unspecified atom stereocenters. The van der Waals surface area contributed by atoms with Crippen LogP contribution < -0.4 is 14.8 Å². The van der Waals surface area contributed by atoms with Crippen LogP contribution in [0.5, 0.6) is 5.75 Å². The van der Waals surface area contributed by atoms with Crippen LogP contribution in [0.15, 0.2) is 53.4 Å². The Morgan fingerprint density at radius 1 is 1.00 bits per heavy atom. The van der Waals surface area contributed by atoms with Crippen molar-refractivity contribution < 1.29 is 13.2 Å². The number of hydrogen-bond acceptors (Lipinski definition) is 4. The SMILES string of the molecule is CCCNCc1cc(S(=O)(=O)NCc2ccccc2)ccc1OCC. The molecule has 5 nitrogen and oxygen atoms in total. The van der Waals surface area contributed by atoms with Gasteiger partial charge in [0.2, 0.25) is 10.0 Å². The van der Waals surface area contributed by atoms with Gasteiger partial charge in [0.05, 0.1) is 11.5 Å². The van der Waals surface area contributed by atoms with Crippen LogP contribution in [-0.2, 0) is 23.1 Å². The first-order valence-electron chi connectivity index (χ1n) is 8.57. The van der Waals surface area contributed by atoms with Crippen molar-refractivity contribution in [3.63, 3.8) is 0 Å². The quantitative estimate of drug-likeness (QED) is 0.638. The molecule has 2 rings (SSSR count). The monoisotopic (exact) mass is 362 g/mol. The van der Waals surface area contributed by atoms with Crippen molar-refractivity contribution in [1.29, 1.82) is 0 Å². The molecule has 0 aromatic heterocycles. The Morgan fingerprint density at radius 2 is 1.76 bits per heavy atom. The van der Waals surface area contributed by atoms with E-state index in [4.69, 9.17) is 4.74 Å². The van der Waals surface area contributed by atoms with Gasteiger partial charge in [-0.2, -0.15) is 0 Å². The number of benzene rings is 2. The molecule has 0 atom stereocenters. The molecule has 0 aliphatic heterocycles. The van der Waals surface area contributed by atoms with E-state index in [0.29, 0.717) is 18.9 Å². The molecular formula is C19H26N2O3S. The molecule has 0 saturated carbocycles. The van der Waals surface area contributed by atoms with E-state index >= 15 is 0 Å². The molecule has 0 amide bonds. The Balaban J connectivity index is 2.16. The number of ether oxygens (including phenoxy) is 1. The van der Waals surface area contributed by atoms with Crippen LogP contribution in [0.3, 0.4) is 0 Å². The maximum Gasteiger partial charge on any atom is 0.240 e. The fraction of sp³-hybridized carbons (Fsp3) is 0.368. The molecular weight excluding hydrogens is 336 g/mol. The van der Waals surface area contributed by atoms with Crippen LogP contribution in [0.2, 0.25) is 0 Å². The van der Waals surface area contributed by atoms with Gasteiger partial charge in [0.25, 0.3) is 0 Å². The average molecular weight is 362 g/mol. The summed E-state index contributed by atoms with van der Waals surface area (Å²) in [5, 5.41) is 3.29. The van der Waals surface area contributed by atoms with Gasteiger partial charge in [-0.1, -0.05) is 37.3 Å². The molecule has 0 spiro atoms. The van der Waals surface area contributed by atoms with E-state index < -0.39 is 10.0 Å². The smallest absolute Gasteiger partial charge is 0.240 e. The van der Waals surface area contributed by atoms with Crippen molar-refractivity contribution in [2.24, 2.45) is 0 Å². The van der Waals surface area contributed by atoms with Gasteiger partial charge in [0.15, 0.2) is 0 Å². The normalized spacial score (nSPS) is 11.4. The third-order valence-corrected chi connectivity index (χ3v) is 5.09. The summed E-state index contributed by atoms with van der Waals surface area (Å²) >= 11 is 0. The molecule has 0 saturated heterocycles. The summed E-state index contributed by atoms with van der Waals surface area (Å²) in [6.07, 6.45) is 1.01. The van der Waals surface area contributed by atoms with Crippen molar-refractivity contribution in [2.75, 3.05) is 13.2 Å². The number of sulfonamides is 1. The highest BCUT2D eigenvalue weighted by atomic mass is 32.2. The van der Waals surface area contributed by atoms with E-state index in [9.17, 15) is 8.42 Å². The molecule has 25 heavy (non-hydrogen) atoms. The Labute approximate surface area is 150 Å². The number of hydrogen-bond donors (Lipinski definition) is 2. The minimum atomic E-state index is -3.58. The van der Waals surface area contributed by atoms with Gasteiger partial charge < -0.3 is 10.1 Å². The fourth-order valence-electron chi connectivity index (χ4n) is 2.41. The number of nitrogens with one attached hydrogen (secondary N) is 2. The van der Waals surface area contributed by atoms with E-state index in [2.05, 4.69) is 17.0 Å². The standard InChI is InChI=1S/C19H26N2O3S/c1-3-12-20-15-17-13-18(10-11-19(17)24-4-2)25(22,23)21-14-16-8-6-5-7-9-16/h5-11,13,20-21H,3-4,12,14-15H2,1-2H3. The maximum absolute atomic E-state index is 12.6. The third kappa shape index (κ3) is 5.85. The van der Waals surface area contributed by atoms with Crippen molar-refractivity contribution in [2.45, 2.75) is 38.3 Å². The Hall–Kier alpha value is -1.89. The van der Waals surface area contributed by atoms with Crippen LogP contribution in [0.4, 0.5) is 0 Å². The first-order valence-corrected chi connectivity index (χ1v) is 10.0. The zero-order valence-electron chi connectivity index (χ0n) is 14.8. The lowest BCUT2D eigenvalue weighted by molar-refractivity contribution is 0.335. The second kappa shape index (κ2) is 9.56. The van der Waals surface area contributed by atoms with Gasteiger partial charge in [0, 0.05) is 18.7 Å². The van der Waals surface area contributed by atoms with Gasteiger partial charge in [-0.25, -0.2) is 13.1 Å². The predicted molar refractivity (Wildman–Crippen MR) is 100 cm³/mol. The Bertz CT molecular complexity index is 761. The van der Waals surface area contributed by atoms with Crippen LogP contribution >= 0.6 is 0 Å². The number of rotatable bonds is 10. The van der Waals surface area contributed by atoms with E-state index in [1.165, 1.54) is 0 Å². The van der Waals surface area contributed by atoms with Crippen molar-refractivity contribution in [3.05, 3.63) is 59.7 Å². The summed E-state index contributed by atoms with van der Waals surface area (Å²) < 4.78 is 33.4. The summed E-state index contributed by atoms with van der Waals surface area (Å²) in [7, 11) is -3.58. The van der Waals surface area contributed by atoms with Gasteiger partial charge in [0.1, 0.15) is 5.75 Å². The van der Waals surface area contributed by atoms with Gasteiger partial charge in [-0.3, -0.25) is 0 Å². The highest BCUT2D eigenvalue weighted by molar-refractivity contribution is 7.89. The maximum atomic E-state index is 12.6. The van der Waals surface area contributed by atoms with Crippen LogP contribution in [-0.4, -0.2) is 21.6 Å². The zero-order chi connectivity index (χ0) is 18.1. The lowest BCUT2D eigenvalue weighted by Gasteiger charge is -2.13. The summed E-state index contributed by atoms with van der Waals surface area (Å²) in [5.41, 5.74) is 1.76. The minimum absolute atomic E-state index is 0.250. The van der Waals surface area contributed by atoms with Crippen LogP contribution in [0, 0.1) is 0 Å². The second-order valence-corrected chi connectivity index (χ2v) is 7.46. The predicted octanol–water partition coefficient (Wildman–Crippen LogP) is 3.06. The molecule has 2 N–H and O–H groups in total. The zero-order valence-corrected chi connectivity index (χ0v) is 15.6. The minimum Gasteiger partial charge on any atom is -0.494 e. The lowest BCUT2D eigenvalue weighted by atomic mass is 10.2. The Kier molecular flexibility index (Phi) is 7.43. The molecule has 0 heterocycles. The Morgan fingerprint density at radius 3 is 2.44 bits per heavy atom. The van der Waals surface area contributed by atoms with Gasteiger partial charge in [-0.15, -0.1) is 0 Å². The van der Waals surface area contributed by atoms with Crippen molar-refractivity contribution >= 4 is 10.0 Å². The lowest BCUT2D eigenvalue weighted by Crippen LogP contribution is -2.23.